The van der Waals surface area contributed by atoms with Crippen LogP contribution in [0.25, 0.3) is 0 Å². The summed E-state index contributed by atoms with van der Waals surface area (Å²) in [6.45, 7) is 3.06. The fourth-order valence-electron chi connectivity index (χ4n) is 0.957. The van der Waals surface area contributed by atoms with Crippen LogP contribution in [-0.2, 0) is 10.1 Å². The van der Waals surface area contributed by atoms with E-state index in [4.69, 9.17) is 0 Å². The van der Waals surface area contributed by atoms with Gasteiger partial charge in [-0.2, -0.15) is 0 Å². The van der Waals surface area contributed by atoms with E-state index in [0.29, 0.717) is 13.2 Å². The van der Waals surface area contributed by atoms with E-state index < -0.39 is 10.1 Å². The highest BCUT2D eigenvalue weighted by Crippen LogP contribution is 1.72. The zero-order chi connectivity index (χ0) is 9.78. The van der Waals surface area contributed by atoms with E-state index in [2.05, 4.69) is 0 Å². The van der Waals surface area contributed by atoms with E-state index in [9.17, 15) is 13.0 Å². The molecular formula is C6H16N2O3S. The molecule has 0 aromatic heterocycles. The lowest BCUT2D eigenvalue weighted by Crippen LogP contribution is -3.13. The molecule has 5 nitrogen and oxygen atoms in total. The molecule has 0 radical (unpaired) electrons. The predicted molar refractivity (Wildman–Crippen MR) is 44.6 cm³/mol. The minimum absolute atomic E-state index is 0.332. The van der Waals surface area contributed by atoms with Crippen molar-refractivity contribution in [2.24, 2.45) is 0 Å². The summed E-state index contributed by atoms with van der Waals surface area (Å²) in [5.74, 6) is -0.332. The molecule has 74 valence electrons. The van der Waals surface area contributed by atoms with Crippen molar-refractivity contribution < 1.29 is 17.9 Å². The molecule has 0 aromatic rings. The van der Waals surface area contributed by atoms with Crippen LogP contribution in [0.1, 0.15) is 6.92 Å². The van der Waals surface area contributed by atoms with E-state index >= 15 is 0 Å². The SMILES string of the molecule is CC[NH+](CN(C)C)CS(=O)(=O)[O-]. The molecule has 0 saturated carbocycles. The second-order valence-corrected chi connectivity index (χ2v) is 4.45. The highest BCUT2D eigenvalue weighted by Gasteiger charge is 2.10. The fourth-order valence-corrected chi connectivity index (χ4v) is 1.75. The van der Waals surface area contributed by atoms with Gasteiger partial charge in [0.1, 0.15) is 16.8 Å². The van der Waals surface area contributed by atoms with Crippen molar-refractivity contribution >= 4 is 10.1 Å². The predicted octanol–water partition coefficient (Wildman–Crippen LogP) is -2.09. The van der Waals surface area contributed by atoms with Crippen LogP contribution in [0.4, 0.5) is 0 Å². The third-order valence-corrected chi connectivity index (χ3v) is 2.18. The molecule has 1 N–H and O–H groups in total. The Morgan fingerprint density at radius 1 is 1.42 bits per heavy atom. The summed E-state index contributed by atoms with van der Waals surface area (Å²) in [4.78, 5) is 2.61. The number of nitrogens with zero attached hydrogens (tertiary/aromatic N) is 1. The van der Waals surface area contributed by atoms with E-state index in [0.717, 1.165) is 4.90 Å². The van der Waals surface area contributed by atoms with Gasteiger partial charge in [0.25, 0.3) is 0 Å². The molecule has 0 saturated heterocycles. The Balaban J connectivity index is 4.01. The minimum atomic E-state index is -4.09. The first-order valence-corrected chi connectivity index (χ1v) is 5.34. The number of rotatable bonds is 5. The highest BCUT2D eigenvalue weighted by atomic mass is 32.2. The Morgan fingerprint density at radius 3 is 2.17 bits per heavy atom. The molecule has 1 unspecified atom stereocenters. The maximum Gasteiger partial charge on any atom is 0.168 e. The fraction of sp³-hybridized carbons (Fsp3) is 1.00. The molecule has 0 bridgehead atoms. The molecule has 0 aromatic carbocycles. The zero-order valence-corrected chi connectivity index (χ0v) is 8.52. The standard InChI is InChI=1S/C6H16N2O3S/c1-4-8(5-7(2)3)6-12(9,10)11/h4-6H2,1-3H3,(H,9,10,11). The Labute approximate surface area is 73.7 Å². The monoisotopic (exact) mass is 196 g/mol. The van der Waals surface area contributed by atoms with Crippen LogP contribution in [0.5, 0.6) is 0 Å². The highest BCUT2D eigenvalue weighted by molar-refractivity contribution is 7.85. The molecule has 0 amide bonds. The van der Waals surface area contributed by atoms with E-state index in [1.807, 2.05) is 25.9 Å². The quantitative estimate of drug-likeness (QED) is 0.404. The molecule has 0 aliphatic rings. The van der Waals surface area contributed by atoms with Gasteiger partial charge < -0.3 is 9.45 Å². The molecule has 0 heterocycles. The Kier molecular flexibility index (Phi) is 4.69. The van der Waals surface area contributed by atoms with E-state index in [1.54, 1.807) is 0 Å². The molecule has 12 heavy (non-hydrogen) atoms. The van der Waals surface area contributed by atoms with Crippen molar-refractivity contribution in [2.45, 2.75) is 6.92 Å². The summed E-state index contributed by atoms with van der Waals surface area (Å²) in [7, 11) is -0.414. The number of nitrogens with one attached hydrogen (secondary N) is 1. The summed E-state index contributed by atoms with van der Waals surface area (Å²) in [5, 5.41) is 0. The Bertz CT molecular complexity index is 213. The molecule has 0 rings (SSSR count). The number of hydrogen-bond acceptors (Lipinski definition) is 4. The van der Waals surface area contributed by atoms with Gasteiger partial charge in [-0.25, -0.2) is 8.42 Å². The van der Waals surface area contributed by atoms with Crippen LogP contribution >= 0.6 is 0 Å². The molecule has 0 spiro atoms. The van der Waals surface area contributed by atoms with Crippen molar-refractivity contribution in [3.8, 4) is 0 Å². The smallest absolute Gasteiger partial charge is 0.168 e. The lowest BCUT2D eigenvalue weighted by molar-refractivity contribution is -0.896. The second kappa shape index (κ2) is 4.76. The van der Waals surface area contributed by atoms with Gasteiger partial charge >= 0.3 is 0 Å². The van der Waals surface area contributed by atoms with Gasteiger partial charge in [0, 0.05) is 0 Å². The Morgan fingerprint density at radius 2 is 1.92 bits per heavy atom. The van der Waals surface area contributed by atoms with Crippen LogP contribution in [0.15, 0.2) is 0 Å². The molecule has 0 aliphatic heterocycles. The Hall–Kier alpha value is -0.170. The summed E-state index contributed by atoms with van der Waals surface area (Å²) >= 11 is 0. The first-order valence-electron chi connectivity index (χ1n) is 3.77. The van der Waals surface area contributed by atoms with Crippen LogP contribution in [-0.4, -0.2) is 51.1 Å². The molecule has 1 atom stereocenters. The maximum atomic E-state index is 10.4. The molecule has 0 fully saturated rings. The van der Waals surface area contributed by atoms with Gasteiger partial charge in [-0.05, 0) is 21.0 Å². The number of quaternary nitrogens is 1. The third-order valence-electron chi connectivity index (χ3n) is 1.42. The van der Waals surface area contributed by atoms with Crippen molar-refractivity contribution in [1.29, 1.82) is 0 Å². The molecule has 6 heteroatoms. The van der Waals surface area contributed by atoms with Crippen molar-refractivity contribution in [3.05, 3.63) is 0 Å². The van der Waals surface area contributed by atoms with E-state index in [-0.39, 0.29) is 5.88 Å². The van der Waals surface area contributed by atoms with Gasteiger partial charge in [-0.15, -0.1) is 0 Å². The van der Waals surface area contributed by atoms with Crippen LogP contribution < -0.4 is 4.90 Å². The molecule has 0 aliphatic carbocycles. The average Bonchev–Trinajstić information content (AvgIpc) is 1.82. The summed E-state index contributed by atoms with van der Waals surface area (Å²) < 4.78 is 31.2. The van der Waals surface area contributed by atoms with Gasteiger partial charge in [0.15, 0.2) is 5.88 Å². The first-order chi connectivity index (χ1) is 5.35. The lowest BCUT2D eigenvalue weighted by atomic mass is 10.6. The average molecular weight is 196 g/mol. The second-order valence-electron chi connectivity index (χ2n) is 3.04. The normalized spacial score (nSPS) is 15.1. The summed E-state index contributed by atoms with van der Waals surface area (Å²) in [6, 6.07) is 0. The van der Waals surface area contributed by atoms with Gasteiger partial charge in [0.2, 0.25) is 0 Å². The first kappa shape index (κ1) is 11.8. The maximum absolute atomic E-state index is 10.4. The minimum Gasteiger partial charge on any atom is -0.744 e. The van der Waals surface area contributed by atoms with E-state index in [1.165, 1.54) is 0 Å². The summed E-state index contributed by atoms with van der Waals surface area (Å²) in [6.07, 6.45) is 0. The van der Waals surface area contributed by atoms with Gasteiger partial charge in [0.05, 0.1) is 6.54 Å². The van der Waals surface area contributed by atoms with Crippen LogP contribution in [0, 0.1) is 0 Å². The van der Waals surface area contributed by atoms with Crippen LogP contribution in [0.2, 0.25) is 0 Å². The van der Waals surface area contributed by atoms with Gasteiger partial charge in [-0.3, -0.25) is 4.90 Å². The summed E-state index contributed by atoms with van der Waals surface area (Å²) in [5.41, 5.74) is 0. The topological polar surface area (TPSA) is 64.9 Å². The largest absolute Gasteiger partial charge is 0.744 e. The number of hydrogen-bond donors (Lipinski definition) is 1. The van der Waals surface area contributed by atoms with Crippen LogP contribution in [0.3, 0.4) is 0 Å². The van der Waals surface area contributed by atoms with Crippen molar-refractivity contribution in [1.82, 2.24) is 4.90 Å². The van der Waals surface area contributed by atoms with Crippen molar-refractivity contribution in [3.63, 3.8) is 0 Å². The van der Waals surface area contributed by atoms with Gasteiger partial charge in [-0.1, -0.05) is 0 Å². The van der Waals surface area contributed by atoms with Crippen molar-refractivity contribution in [2.75, 3.05) is 33.2 Å². The zero-order valence-electron chi connectivity index (χ0n) is 7.70. The lowest BCUT2D eigenvalue weighted by Gasteiger charge is -2.22. The third kappa shape index (κ3) is 6.53. The molecular weight excluding hydrogens is 180 g/mol.